The molecule has 6 aliphatic carbocycles. The van der Waals surface area contributed by atoms with Gasteiger partial charge in [0.05, 0.1) is 21.3 Å². The number of halogens is 1. The maximum atomic E-state index is 13.0. The first-order valence-corrected chi connectivity index (χ1v) is 30.9. The normalized spacial score (nSPS) is 20.3. The second-order valence-corrected chi connectivity index (χ2v) is 25.0. The van der Waals surface area contributed by atoms with Gasteiger partial charge in [-0.25, -0.2) is 0 Å². The molecule has 0 bridgehead atoms. The highest BCUT2D eigenvalue weighted by molar-refractivity contribution is 6.17. The Morgan fingerprint density at radius 2 is 0.652 bits per heavy atom. The molecule has 11 heteroatoms. The molecule has 0 aliphatic heterocycles. The van der Waals surface area contributed by atoms with Crippen molar-refractivity contribution in [3.8, 4) is 51.7 Å². The van der Waals surface area contributed by atoms with Crippen molar-refractivity contribution in [3.63, 3.8) is 0 Å². The standard InChI is InChI=1S/2C26H24O3.C18H16O3.C8H9ClO/c2*1-29-23-7-2-17(3-8-23)12-25-24-9-6-22(28)13-18(24)10-11-26(25)15-19-4-5-21(27)14-20(19)16-26;19-14-2-1-12-9-18(10-13(12)8-14)6-5-11-7-15(20)3-4-16(11)17(18)21;1-10-8-4-2-7(6-9)3-5-8/h2*2-9,12-14,27-28H,10-11,15-16H2,1H3;1-4,7-8,19-20H,5-6,9-10H2;2-5H,6H2,1H3/b25-12+;25-12-;;. The molecule has 0 aromatic heterocycles. The lowest BCUT2D eigenvalue weighted by Crippen LogP contribution is -2.36. The van der Waals surface area contributed by atoms with E-state index in [-0.39, 0.29) is 33.5 Å². The lowest BCUT2D eigenvalue weighted by atomic mass is 9.65. The topological polar surface area (TPSA) is 166 Å². The van der Waals surface area contributed by atoms with E-state index < -0.39 is 0 Å². The Morgan fingerprint density at radius 1 is 0.360 bits per heavy atom. The summed E-state index contributed by atoms with van der Waals surface area (Å²) in [7, 11) is 5.00. The van der Waals surface area contributed by atoms with Crippen molar-refractivity contribution >= 4 is 40.7 Å². The van der Waals surface area contributed by atoms with Crippen molar-refractivity contribution in [1.82, 2.24) is 0 Å². The molecule has 9 aromatic carbocycles. The Hall–Kier alpha value is -9.38. The van der Waals surface area contributed by atoms with E-state index in [1.807, 2.05) is 78.9 Å². The number of ketones is 1. The maximum absolute atomic E-state index is 13.0. The van der Waals surface area contributed by atoms with Crippen molar-refractivity contribution in [3.05, 3.63) is 265 Å². The fourth-order valence-electron chi connectivity index (χ4n) is 14.7. The molecule has 6 aliphatic rings. The molecular formula is C78H73ClO10. The van der Waals surface area contributed by atoms with Gasteiger partial charge in [0.1, 0.15) is 51.7 Å². The lowest BCUT2D eigenvalue weighted by molar-refractivity contribution is 0.0771. The van der Waals surface area contributed by atoms with Crippen LogP contribution in [0.2, 0.25) is 0 Å². The van der Waals surface area contributed by atoms with Crippen LogP contribution in [0.15, 0.2) is 182 Å². The van der Waals surface area contributed by atoms with E-state index in [9.17, 15) is 35.4 Å². The molecule has 3 unspecified atom stereocenters. The molecule has 3 spiro atoms. The van der Waals surface area contributed by atoms with Gasteiger partial charge < -0.3 is 44.8 Å². The molecule has 0 saturated heterocycles. The number of phenolic OH excluding ortho intramolecular Hbond substituents is 6. The van der Waals surface area contributed by atoms with E-state index in [1.54, 1.807) is 75.9 Å². The number of alkyl halides is 1. The van der Waals surface area contributed by atoms with Crippen molar-refractivity contribution in [1.29, 1.82) is 0 Å². The van der Waals surface area contributed by atoms with Gasteiger partial charge >= 0.3 is 0 Å². The maximum Gasteiger partial charge on any atom is 0.169 e. The number of rotatable bonds is 6. The second-order valence-electron chi connectivity index (χ2n) is 24.8. The van der Waals surface area contributed by atoms with Gasteiger partial charge in [0.15, 0.2) is 5.78 Å². The number of hydrogen-bond donors (Lipinski definition) is 6. The summed E-state index contributed by atoms with van der Waals surface area (Å²) < 4.78 is 15.6. The summed E-state index contributed by atoms with van der Waals surface area (Å²) in [4.78, 5) is 13.0. The number of aromatic hydroxyl groups is 6. The van der Waals surface area contributed by atoms with Gasteiger partial charge in [0.25, 0.3) is 0 Å². The second kappa shape index (κ2) is 25.0. The van der Waals surface area contributed by atoms with Gasteiger partial charge in [-0.05, 0) is 281 Å². The zero-order valence-corrected chi connectivity index (χ0v) is 51.1. The molecule has 89 heavy (non-hydrogen) atoms. The minimum Gasteiger partial charge on any atom is -0.508 e. The Labute approximate surface area is 525 Å². The van der Waals surface area contributed by atoms with Crippen molar-refractivity contribution < 1.29 is 49.6 Å². The Morgan fingerprint density at radius 3 is 1.02 bits per heavy atom. The summed E-state index contributed by atoms with van der Waals surface area (Å²) in [5.41, 5.74) is 19.6. The van der Waals surface area contributed by atoms with Crippen molar-refractivity contribution in [2.24, 2.45) is 16.2 Å². The number of methoxy groups -OCH3 is 3. The van der Waals surface area contributed by atoms with E-state index in [4.69, 9.17) is 25.8 Å². The van der Waals surface area contributed by atoms with Crippen LogP contribution >= 0.6 is 11.6 Å². The van der Waals surface area contributed by atoms with Crippen LogP contribution in [0, 0.1) is 16.2 Å². The third kappa shape index (κ3) is 12.4. The predicted molar refractivity (Wildman–Crippen MR) is 352 cm³/mol. The number of fused-ring (bicyclic) bond motifs is 6. The van der Waals surface area contributed by atoms with E-state index in [1.165, 1.54) is 61.2 Å². The highest BCUT2D eigenvalue weighted by Crippen LogP contribution is 2.56. The number of allylic oxidation sites excluding steroid dienone is 2. The minimum atomic E-state index is -0.361. The van der Waals surface area contributed by atoms with Crippen LogP contribution in [0.5, 0.6) is 51.7 Å². The highest BCUT2D eigenvalue weighted by Gasteiger charge is 2.48. The fourth-order valence-corrected chi connectivity index (χ4v) is 14.9. The van der Waals surface area contributed by atoms with Gasteiger partial charge in [0, 0.05) is 27.7 Å². The van der Waals surface area contributed by atoms with Crippen LogP contribution in [0.25, 0.3) is 23.3 Å². The lowest BCUT2D eigenvalue weighted by Gasteiger charge is -2.38. The van der Waals surface area contributed by atoms with Crippen molar-refractivity contribution in [2.45, 2.75) is 82.9 Å². The van der Waals surface area contributed by atoms with Gasteiger partial charge in [-0.15, -0.1) is 11.6 Å². The first kappa shape index (κ1) is 59.9. The largest absolute Gasteiger partial charge is 0.508 e. The van der Waals surface area contributed by atoms with Crippen LogP contribution < -0.4 is 14.2 Å². The number of carbonyl (C=O) groups excluding carboxylic acids is 1. The monoisotopic (exact) mass is 1200 g/mol. The average Bonchev–Trinajstić information content (AvgIpc) is 1.75. The first-order chi connectivity index (χ1) is 43.1. The zero-order chi connectivity index (χ0) is 62.0. The summed E-state index contributed by atoms with van der Waals surface area (Å²) >= 11 is 5.58. The average molecular weight is 1210 g/mol. The number of benzene rings is 9. The molecule has 6 N–H and O–H groups in total. The summed E-state index contributed by atoms with van der Waals surface area (Å²) in [6.07, 6.45) is 15.4. The molecule has 0 radical (unpaired) electrons. The third-order valence-electron chi connectivity index (χ3n) is 19.2. The Balaban J connectivity index is 0.000000122. The van der Waals surface area contributed by atoms with Gasteiger partial charge in [-0.2, -0.15) is 0 Å². The van der Waals surface area contributed by atoms with Crippen LogP contribution in [0.1, 0.15) is 108 Å². The minimum absolute atomic E-state index is 0.0139. The number of hydrogen-bond acceptors (Lipinski definition) is 10. The molecule has 0 amide bonds. The molecule has 15 rings (SSSR count). The summed E-state index contributed by atoms with van der Waals surface area (Å²) in [6, 6.07) is 57.5. The fraction of sp³-hybridized carbons (Fsp3) is 0.244. The number of aryl methyl sites for hydroxylation is 3. The highest BCUT2D eigenvalue weighted by atomic mass is 35.5. The molecule has 9 aromatic rings. The van der Waals surface area contributed by atoms with Gasteiger partial charge in [0.2, 0.25) is 0 Å². The van der Waals surface area contributed by atoms with E-state index >= 15 is 0 Å². The Bertz CT molecular complexity index is 3980. The number of carbonyl (C=O) groups is 1. The number of ether oxygens (including phenoxy) is 3. The van der Waals surface area contributed by atoms with Gasteiger partial charge in [-0.3, -0.25) is 4.79 Å². The molecule has 10 nitrogen and oxygen atoms in total. The zero-order valence-electron chi connectivity index (χ0n) is 50.4. The number of phenols is 6. The summed E-state index contributed by atoms with van der Waals surface area (Å²) in [5, 5.41) is 59.1. The molecule has 3 atom stereocenters. The molecule has 0 heterocycles. The van der Waals surface area contributed by atoms with Crippen LogP contribution in [-0.2, 0) is 63.7 Å². The molecular weight excluding hydrogens is 1130 g/mol. The Kier molecular flexibility index (Phi) is 16.8. The molecule has 452 valence electrons. The number of Topliss-reactive ketones (excluding diaryl/α,β-unsaturated/α-hetero) is 1. The first-order valence-electron chi connectivity index (χ1n) is 30.4. The van der Waals surface area contributed by atoms with Gasteiger partial charge in [-0.1, -0.05) is 78.9 Å². The van der Waals surface area contributed by atoms with E-state index in [2.05, 4.69) is 60.7 Å². The molecule has 0 saturated carbocycles. The van der Waals surface area contributed by atoms with Crippen molar-refractivity contribution in [2.75, 3.05) is 21.3 Å². The van der Waals surface area contributed by atoms with Crippen LogP contribution in [0.3, 0.4) is 0 Å². The summed E-state index contributed by atoms with van der Waals surface area (Å²) in [6.45, 7) is 0. The van der Waals surface area contributed by atoms with E-state index in [0.29, 0.717) is 35.3 Å². The molecule has 0 fully saturated rings. The quantitative estimate of drug-likeness (QED) is 0.0883. The van der Waals surface area contributed by atoms with Crippen LogP contribution in [0.4, 0.5) is 0 Å². The van der Waals surface area contributed by atoms with E-state index in [0.717, 1.165) is 121 Å². The summed E-state index contributed by atoms with van der Waals surface area (Å²) in [5.74, 6) is 5.10. The smallest absolute Gasteiger partial charge is 0.169 e. The predicted octanol–water partition coefficient (Wildman–Crippen LogP) is 16.2. The van der Waals surface area contributed by atoms with Crippen LogP contribution in [-0.4, -0.2) is 57.8 Å². The SMILES string of the molecule is COc1ccc(/C=C2/c3ccc(O)cc3CCC23Cc2ccc(O)cc2C3)cc1.COc1ccc(/C=C2\c3ccc(O)cc3CCC23Cc2ccc(O)cc2C3)cc1.COc1ccc(CCl)cc1.O=C1c2ccc(O)cc2CCC12Cc1ccc(O)cc1C2. The third-order valence-corrected chi connectivity index (χ3v) is 19.6.